The van der Waals surface area contributed by atoms with E-state index in [0.29, 0.717) is 18.2 Å². The third kappa shape index (κ3) is 3.47. The van der Waals surface area contributed by atoms with E-state index in [9.17, 15) is 4.79 Å². The van der Waals surface area contributed by atoms with Gasteiger partial charge in [0.2, 0.25) is 0 Å². The fourth-order valence-electron chi connectivity index (χ4n) is 1.93. The zero-order valence-corrected chi connectivity index (χ0v) is 10.6. The van der Waals surface area contributed by atoms with Crippen molar-refractivity contribution in [2.45, 2.75) is 46.0 Å². The van der Waals surface area contributed by atoms with Gasteiger partial charge in [0.05, 0.1) is 0 Å². The Balaban J connectivity index is 2.52. The van der Waals surface area contributed by atoms with Crippen molar-refractivity contribution >= 4 is 5.78 Å². The smallest absolute Gasteiger partial charge is 0.198 e. The lowest BCUT2D eigenvalue weighted by atomic mass is 9.93. The van der Waals surface area contributed by atoms with Gasteiger partial charge in [0, 0.05) is 25.9 Å². The third-order valence-corrected chi connectivity index (χ3v) is 3.09. The molecule has 0 bridgehead atoms. The molecule has 0 saturated carbocycles. The number of unbranched alkanes of at least 4 members (excludes halogenated alkanes) is 1. The van der Waals surface area contributed by atoms with E-state index in [1.54, 1.807) is 10.8 Å². The number of Topliss-reactive ketones (excluding diaryl/α,β-unsaturated/α-hetero) is 1. The highest BCUT2D eigenvalue weighted by Crippen LogP contribution is 2.18. The summed E-state index contributed by atoms with van der Waals surface area (Å²) in [5, 5.41) is 0. The lowest BCUT2D eigenvalue weighted by molar-refractivity contribution is 0.0943. The fraction of sp³-hybridized carbons (Fsp3) is 0.692. The van der Waals surface area contributed by atoms with Crippen LogP contribution in [0, 0.1) is 5.92 Å². The molecule has 1 heterocycles. The van der Waals surface area contributed by atoms with Crippen LogP contribution >= 0.6 is 0 Å². The standard InChI is InChI=1S/C13H22N2O/c1-4-6-7-11(5-2)10-12(16)13-14-8-9-15(13)3/h8-9,11H,4-7,10H2,1-3H3. The largest absolute Gasteiger partial charge is 0.332 e. The molecule has 1 aromatic rings. The molecule has 90 valence electrons. The molecule has 0 saturated heterocycles. The van der Waals surface area contributed by atoms with Gasteiger partial charge >= 0.3 is 0 Å². The van der Waals surface area contributed by atoms with Crippen molar-refractivity contribution in [1.82, 2.24) is 9.55 Å². The van der Waals surface area contributed by atoms with E-state index in [0.717, 1.165) is 12.8 Å². The van der Waals surface area contributed by atoms with Crippen LogP contribution in [-0.4, -0.2) is 15.3 Å². The second kappa shape index (κ2) is 6.46. The average molecular weight is 222 g/mol. The monoisotopic (exact) mass is 222 g/mol. The summed E-state index contributed by atoms with van der Waals surface area (Å²) in [6.07, 6.45) is 8.79. The first-order valence-electron chi connectivity index (χ1n) is 6.19. The fourth-order valence-corrected chi connectivity index (χ4v) is 1.93. The van der Waals surface area contributed by atoms with E-state index in [1.165, 1.54) is 12.8 Å². The molecule has 0 aliphatic heterocycles. The number of rotatable bonds is 7. The lowest BCUT2D eigenvalue weighted by Gasteiger charge is -2.12. The average Bonchev–Trinajstić information content (AvgIpc) is 2.70. The number of carbonyl (C=O) groups is 1. The third-order valence-electron chi connectivity index (χ3n) is 3.09. The molecule has 0 aromatic carbocycles. The number of carbonyl (C=O) groups excluding carboxylic acids is 1. The second-order valence-corrected chi connectivity index (χ2v) is 4.41. The molecule has 0 amide bonds. The number of aryl methyl sites for hydroxylation is 1. The molecule has 0 aliphatic rings. The normalized spacial score (nSPS) is 12.7. The Morgan fingerprint density at radius 3 is 2.75 bits per heavy atom. The molecule has 0 radical (unpaired) electrons. The first kappa shape index (κ1) is 12.9. The van der Waals surface area contributed by atoms with Gasteiger partial charge in [-0.1, -0.05) is 39.5 Å². The highest BCUT2D eigenvalue weighted by atomic mass is 16.1. The van der Waals surface area contributed by atoms with E-state index in [-0.39, 0.29) is 5.78 Å². The molecule has 0 spiro atoms. The maximum atomic E-state index is 12.0. The highest BCUT2D eigenvalue weighted by molar-refractivity contribution is 5.92. The van der Waals surface area contributed by atoms with Crippen molar-refractivity contribution in [2.75, 3.05) is 0 Å². The minimum absolute atomic E-state index is 0.176. The Hall–Kier alpha value is -1.12. The van der Waals surface area contributed by atoms with Crippen molar-refractivity contribution in [1.29, 1.82) is 0 Å². The van der Waals surface area contributed by atoms with Gasteiger partial charge in [-0.25, -0.2) is 4.98 Å². The number of nitrogens with zero attached hydrogens (tertiary/aromatic N) is 2. The molecular weight excluding hydrogens is 200 g/mol. The molecule has 1 rings (SSSR count). The van der Waals surface area contributed by atoms with Gasteiger partial charge in [0.1, 0.15) is 0 Å². The lowest BCUT2D eigenvalue weighted by Crippen LogP contribution is -2.12. The minimum Gasteiger partial charge on any atom is -0.332 e. The first-order chi connectivity index (χ1) is 7.69. The Morgan fingerprint density at radius 1 is 1.50 bits per heavy atom. The van der Waals surface area contributed by atoms with E-state index in [1.807, 2.05) is 13.2 Å². The molecule has 0 aliphatic carbocycles. The Morgan fingerprint density at radius 2 is 2.25 bits per heavy atom. The SMILES string of the molecule is CCCCC(CC)CC(=O)c1nccn1C. The molecule has 0 N–H and O–H groups in total. The van der Waals surface area contributed by atoms with Gasteiger partial charge in [0.25, 0.3) is 0 Å². The van der Waals surface area contributed by atoms with Gasteiger partial charge in [-0.3, -0.25) is 4.79 Å². The molecule has 1 aromatic heterocycles. The van der Waals surface area contributed by atoms with Crippen LogP contribution in [-0.2, 0) is 7.05 Å². The van der Waals surface area contributed by atoms with Crippen molar-refractivity contribution in [3.8, 4) is 0 Å². The van der Waals surface area contributed by atoms with E-state index >= 15 is 0 Å². The quantitative estimate of drug-likeness (QED) is 0.664. The summed E-state index contributed by atoms with van der Waals surface area (Å²) in [6.45, 7) is 4.35. The van der Waals surface area contributed by atoms with E-state index in [2.05, 4.69) is 18.8 Å². The van der Waals surface area contributed by atoms with Gasteiger partial charge in [-0.15, -0.1) is 0 Å². The van der Waals surface area contributed by atoms with Crippen molar-refractivity contribution < 1.29 is 4.79 Å². The number of hydrogen-bond acceptors (Lipinski definition) is 2. The summed E-state index contributed by atoms with van der Waals surface area (Å²) < 4.78 is 1.80. The summed E-state index contributed by atoms with van der Waals surface area (Å²) in [5.41, 5.74) is 0. The Bertz CT molecular complexity index is 330. The molecule has 1 unspecified atom stereocenters. The summed E-state index contributed by atoms with van der Waals surface area (Å²) >= 11 is 0. The molecule has 1 atom stereocenters. The van der Waals surface area contributed by atoms with Crippen molar-refractivity contribution in [3.63, 3.8) is 0 Å². The number of ketones is 1. The van der Waals surface area contributed by atoms with Gasteiger partial charge in [-0.2, -0.15) is 0 Å². The second-order valence-electron chi connectivity index (χ2n) is 4.41. The molecule has 3 heteroatoms. The molecular formula is C13H22N2O. The van der Waals surface area contributed by atoms with Crippen LogP contribution in [0.5, 0.6) is 0 Å². The van der Waals surface area contributed by atoms with E-state index < -0.39 is 0 Å². The van der Waals surface area contributed by atoms with Crippen molar-refractivity contribution in [3.05, 3.63) is 18.2 Å². The summed E-state index contributed by atoms with van der Waals surface area (Å²) in [5.74, 6) is 1.29. The molecule has 16 heavy (non-hydrogen) atoms. The van der Waals surface area contributed by atoms with Crippen molar-refractivity contribution in [2.24, 2.45) is 13.0 Å². The predicted molar refractivity (Wildman–Crippen MR) is 65.5 cm³/mol. The van der Waals surface area contributed by atoms with E-state index in [4.69, 9.17) is 0 Å². The summed E-state index contributed by atoms with van der Waals surface area (Å²) in [6, 6.07) is 0. The van der Waals surface area contributed by atoms with Crippen LogP contribution < -0.4 is 0 Å². The van der Waals surface area contributed by atoms with Crippen LogP contribution in [0.4, 0.5) is 0 Å². The topological polar surface area (TPSA) is 34.9 Å². The zero-order chi connectivity index (χ0) is 12.0. The maximum Gasteiger partial charge on any atom is 0.198 e. The highest BCUT2D eigenvalue weighted by Gasteiger charge is 2.16. The molecule has 3 nitrogen and oxygen atoms in total. The summed E-state index contributed by atoms with van der Waals surface area (Å²) in [7, 11) is 1.87. The zero-order valence-electron chi connectivity index (χ0n) is 10.6. The van der Waals surface area contributed by atoms with Gasteiger partial charge in [0.15, 0.2) is 11.6 Å². The maximum absolute atomic E-state index is 12.0. The first-order valence-corrected chi connectivity index (χ1v) is 6.19. The van der Waals surface area contributed by atoms with Crippen LogP contribution in [0.3, 0.4) is 0 Å². The number of imidazole rings is 1. The van der Waals surface area contributed by atoms with Crippen LogP contribution in [0.1, 0.15) is 56.6 Å². The molecule has 0 fully saturated rings. The van der Waals surface area contributed by atoms with Gasteiger partial charge < -0.3 is 4.57 Å². The van der Waals surface area contributed by atoms with Crippen LogP contribution in [0.2, 0.25) is 0 Å². The minimum atomic E-state index is 0.176. The van der Waals surface area contributed by atoms with Gasteiger partial charge in [-0.05, 0) is 5.92 Å². The predicted octanol–water partition coefficient (Wildman–Crippen LogP) is 3.21. The Kier molecular flexibility index (Phi) is 5.23. The van der Waals surface area contributed by atoms with Crippen LogP contribution in [0.25, 0.3) is 0 Å². The number of aromatic nitrogens is 2. The number of hydrogen-bond donors (Lipinski definition) is 0. The van der Waals surface area contributed by atoms with Crippen LogP contribution in [0.15, 0.2) is 12.4 Å². The Labute approximate surface area is 97.9 Å². The summed E-state index contributed by atoms with van der Waals surface area (Å²) in [4.78, 5) is 16.1.